The lowest BCUT2D eigenvalue weighted by molar-refractivity contribution is -0.137. The molecule has 3 rings (SSSR count). The maximum Gasteiger partial charge on any atom is 0.416 e. The minimum Gasteiger partial charge on any atom is -0.383 e. The van der Waals surface area contributed by atoms with E-state index >= 15 is 0 Å². The van der Waals surface area contributed by atoms with Gasteiger partial charge in [-0.15, -0.1) is 0 Å². The van der Waals surface area contributed by atoms with E-state index in [2.05, 4.69) is 5.16 Å². The molecule has 5 nitrogen and oxygen atoms in total. The SMILES string of the molecule is Cc1cc(C(F)(F)F)ccc1CC(=O)N1CCC(c2cc(=O)[nH]o2)CC1. The molecule has 0 unspecified atom stereocenters. The third kappa shape index (κ3) is 4.00. The molecule has 1 aliphatic rings. The fourth-order valence-corrected chi connectivity index (χ4v) is 3.26. The molecule has 0 bridgehead atoms. The molecule has 26 heavy (non-hydrogen) atoms. The van der Waals surface area contributed by atoms with E-state index in [1.165, 1.54) is 12.1 Å². The van der Waals surface area contributed by atoms with Crippen molar-refractivity contribution in [1.82, 2.24) is 10.1 Å². The minimum absolute atomic E-state index is 0.0773. The van der Waals surface area contributed by atoms with Crippen molar-refractivity contribution in [3.63, 3.8) is 0 Å². The molecule has 2 aromatic rings. The van der Waals surface area contributed by atoms with Crippen LogP contribution < -0.4 is 5.56 Å². The Morgan fingerprint density at radius 3 is 2.50 bits per heavy atom. The molecule has 8 heteroatoms. The van der Waals surface area contributed by atoms with Gasteiger partial charge in [0.1, 0.15) is 5.76 Å². The Kier molecular flexibility index (Phi) is 4.93. The van der Waals surface area contributed by atoms with E-state index in [0.717, 1.165) is 12.1 Å². The second kappa shape index (κ2) is 7.01. The Hall–Kier alpha value is -2.51. The Bertz CT molecular complexity index is 846. The number of rotatable bonds is 3. The summed E-state index contributed by atoms with van der Waals surface area (Å²) < 4.78 is 43.3. The number of benzene rings is 1. The number of likely N-dealkylation sites (tertiary alicyclic amines) is 1. The van der Waals surface area contributed by atoms with Crippen molar-refractivity contribution in [2.45, 2.75) is 38.3 Å². The Balaban J connectivity index is 1.60. The summed E-state index contributed by atoms with van der Waals surface area (Å²) in [5.41, 5.74) is 0.0650. The largest absolute Gasteiger partial charge is 0.416 e. The highest BCUT2D eigenvalue weighted by Gasteiger charge is 2.31. The third-order valence-corrected chi connectivity index (χ3v) is 4.80. The number of aromatic amines is 1. The van der Waals surface area contributed by atoms with E-state index in [4.69, 9.17) is 4.52 Å². The fraction of sp³-hybridized carbons (Fsp3) is 0.444. The van der Waals surface area contributed by atoms with E-state index < -0.39 is 11.7 Å². The molecule has 0 atom stereocenters. The van der Waals surface area contributed by atoms with Crippen LogP contribution in [0.4, 0.5) is 13.2 Å². The highest BCUT2D eigenvalue weighted by Crippen LogP contribution is 2.31. The van der Waals surface area contributed by atoms with Gasteiger partial charge in [0.05, 0.1) is 12.0 Å². The zero-order valence-corrected chi connectivity index (χ0v) is 14.2. The number of nitrogens with zero attached hydrogens (tertiary/aromatic N) is 1. The number of alkyl halides is 3. The molecule has 1 aromatic heterocycles. The Labute approximate surface area is 147 Å². The predicted octanol–water partition coefficient (Wildman–Crippen LogP) is 3.24. The summed E-state index contributed by atoms with van der Waals surface area (Å²) in [6.07, 6.45) is -2.95. The molecule has 1 N–H and O–H groups in total. The average molecular weight is 368 g/mol. The number of H-pyrrole nitrogens is 1. The third-order valence-electron chi connectivity index (χ3n) is 4.80. The first-order valence-electron chi connectivity index (χ1n) is 8.37. The zero-order valence-electron chi connectivity index (χ0n) is 14.2. The van der Waals surface area contributed by atoms with E-state index in [1.807, 2.05) is 0 Å². The van der Waals surface area contributed by atoms with E-state index in [0.29, 0.717) is 42.8 Å². The van der Waals surface area contributed by atoms with Crippen molar-refractivity contribution in [1.29, 1.82) is 0 Å². The smallest absolute Gasteiger partial charge is 0.383 e. The van der Waals surface area contributed by atoms with Crippen molar-refractivity contribution >= 4 is 5.91 Å². The number of nitrogens with one attached hydrogen (secondary N) is 1. The van der Waals surface area contributed by atoms with Crippen LogP contribution >= 0.6 is 0 Å². The minimum atomic E-state index is -4.39. The molecule has 0 spiro atoms. The van der Waals surface area contributed by atoms with Crippen LogP contribution in [0.5, 0.6) is 0 Å². The summed E-state index contributed by atoms with van der Waals surface area (Å²) >= 11 is 0. The lowest BCUT2D eigenvalue weighted by Gasteiger charge is -2.31. The number of hydrogen-bond acceptors (Lipinski definition) is 3. The van der Waals surface area contributed by atoms with Crippen molar-refractivity contribution in [2.24, 2.45) is 0 Å². The predicted molar refractivity (Wildman–Crippen MR) is 87.8 cm³/mol. The van der Waals surface area contributed by atoms with E-state index in [1.54, 1.807) is 11.8 Å². The fourth-order valence-electron chi connectivity index (χ4n) is 3.26. The van der Waals surface area contributed by atoms with Crippen LogP contribution in [0, 0.1) is 6.92 Å². The van der Waals surface area contributed by atoms with Crippen LogP contribution in [0.15, 0.2) is 33.6 Å². The summed E-state index contributed by atoms with van der Waals surface area (Å²) in [4.78, 5) is 25.3. The van der Waals surface area contributed by atoms with Gasteiger partial charge in [0.15, 0.2) is 0 Å². The number of aryl methyl sites for hydroxylation is 1. The lowest BCUT2D eigenvalue weighted by atomic mass is 9.93. The summed E-state index contributed by atoms with van der Waals surface area (Å²) in [6.45, 7) is 2.63. The molecule has 0 aliphatic carbocycles. The standard InChI is InChI=1S/C18H19F3N2O3/c1-11-8-14(18(19,20)21)3-2-13(11)9-17(25)23-6-4-12(5-7-23)15-10-16(24)22-26-15/h2-3,8,10,12H,4-7,9H2,1H3,(H,22,24). The molecule has 1 aliphatic heterocycles. The van der Waals surface area contributed by atoms with Gasteiger partial charge >= 0.3 is 6.18 Å². The number of aromatic nitrogens is 1. The summed E-state index contributed by atoms with van der Waals surface area (Å²) in [6, 6.07) is 4.88. The molecule has 0 saturated carbocycles. The van der Waals surface area contributed by atoms with Crippen molar-refractivity contribution in [2.75, 3.05) is 13.1 Å². The van der Waals surface area contributed by atoms with Crippen LogP contribution in [0.1, 0.15) is 41.2 Å². The van der Waals surface area contributed by atoms with Gasteiger partial charge < -0.3 is 9.42 Å². The van der Waals surface area contributed by atoms with Gasteiger partial charge in [-0.1, -0.05) is 6.07 Å². The van der Waals surface area contributed by atoms with Crippen LogP contribution in [0.2, 0.25) is 0 Å². The second-order valence-electron chi connectivity index (χ2n) is 6.59. The monoisotopic (exact) mass is 368 g/mol. The molecular formula is C18H19F3N2O3. The first-order valence-corrected chi connectivity index (χ1v) is 8.37. The number of carbonyl (C=O) groups is 1. The Morgan fingerprint density at radius 2 is 1.96 bits per heavy atom. The topological polar surface area (TPSA) is 66.3 Å². The first kappa shape index (κ1) is 18.3. The highest BCUT2D eigenvalue weighted by atomic mass is 19.4. The van der Waals surface area contributed by atoms with E-state index in [9.17, 15) is 22.8 Å². The number of piperidine rings is 1. The average Bonchev–Trinajstić information content (AvgIpc) is 3.02. The van der Waals surface area contributed by atoms with Gasteiger partial charge in [-0.05, 0) is 43.0 Å². The van der Waals surface area contributed by atoms with Crippen LogP contribution in [0.25, 0.3) is 0 Å². The molecule has 140 valence electrons. The van der Waals surface area contributed by atoms with Crippen LogP contribution in [-0.2, 0) is 17.4 Å². The molecule has 1 fully saturated rings. The van der Waals surface area contributed by atoms with Crippen LogP contribution in [0.3, 0.4) is 0 Å². The highest BCUT2D eigenvalue weighted by molar-refractivity contribution is 5.79. The van der Waals surface area contributed by atoms with Gasteiger partial charge in [0.2, 0.25) is 5.91 Å². The maximum atomic E-state index is 12.7. The molecule has 1 saturated heterocycles. The van der Waals surface area contributed by atoms with Crippen molar-refractivity contribution in [3.8, 4) is 0 Å². The lowest BCUT2D eigenvalue weighted by Crippen LogP contribution is -2.38. The Morgan fingerprint density at radius 1 is 1.27 bits per heavy atom. The summed E-state index contributed by atoms with van der Waals surface area (Å²) in [5, 5.41) is 2.26. The molecule has 1 amide bonds. The first-order chi connectivity index (χ1) is 12.2. The van der Waals surface area contributed by atoms with Gasteiger partial charge in [0, 0.05) is 25.1 Å². The summed E-state index contributed by atoms with van der Waals surface area (Å²) in [5.74, 6) is 0.577. The zero-order chi connectivity index (χ0) is 18.9. The van der Waals surface area contributed by atoms with Gasteiger partial charge in [-0.25, -0.2) is 0 Å². The number of carbonyl (C=O) groups excluding carboxylic acids is 1. The van der Waals surface area contributed by atoms with Crippen molar-refractivity contribution in [3.05, 3.63) is 57.1 Å². The van der Waals surface area contributed by atoms with Gasteiger partial charge in [-0.2, -0.15) is 18.3 Å². The normalized spacial score (nSPS) is 16.1. The maximum absolute atomic E-state index is 12.7. The van der Waals surface area contributed by atoms with Gasteiger partial charge in [-0.3, -0.25) is 9.59 Å². The number of halogens is 3. The second-order valence-corrected chi connectivity index (χ2v) is 6.59. The number of amides is 1. The molecule has 1 aromatic carbocycles. The summed E-state index contributed by atoms with van der Waals surface area (Å²) in [7, 11) is 0. The quantitative estimate of drug-likeness (QED) is 0.904. The molecule has 0 radical (unpaired) electrons. The van der Waals surface area contributed by atoms with Crippen LogP contribution in [-0.4, -0.2) is 29.1 Å². The number of hydrogen-bond donors (Lipinski definition) is 1. The van der Waals surface area contributed by atoms with E-state index in [-0.39, 0.29) is 23.8 Å². The molecular weight excluding hydrogens is 349 g/mol. The van der Waals surface area contributed by atoms with Gasteiger partial charge in [0.25, 0.3) is 5.56 Å². The van der Waals surface area contributed by atoms with Crippen molar-refractivity contribution < 1.29 is 22.5 Å². The molecule has 2 heterocycles.